The number of nitrogens with one attached hydrogen (secondary N) is 1. The summed E-state index contributed by atoms with van der Waals surface area (Å²) < 4.78 is 6.83. The summed E-state index contributed by atoms with van der Waals surface area (Å²) >= 11 is 0. The van der Waals surface area contributed by atoms with Crippen LogP contribution in [0.3, 0.4) is 0 Å². The number of carbonyl (C=O) groups is 1. The van der Waals surface area contributed by atoms with Crippen LogP contribution < -0.4 is 0 Å². The van der Waals surface area contributed by atoms with E-state index in [-0.39, 0.29) is 11.9 Å². The van der Waals surface area contributed by atoms with Gasteiger partial charge in [-0.25, -0.2) is 9.50 Å². The first kappa shape index (κ1) is 13.9. The van der Waals surface area contributed by atoms with Crippen LogP contribution in [-0.4, -0.2) is 37.9 Å². The first-order chi connectivity index (χ1) is 11.0. The van der Waals surface area contributed by atoms with Gasteiger partial charge in [0.1, 0.15) is 0 Å². The molecule has 1 N–H and O–H groups in total. The highest BCUT2D eigenvalue weighted by molar-refractivity contribution is 5.80. The number of aromatic amines is 1. The van der Waals surface area contributed by atoms with Gasteiger partial charge in [-0.15, -0.1) is 0 Å². The lowest BCUT2D eigenvalue weighted by Crippen LogP contribution is -2.25. The third-order valence-corrected chi connectivity index (χ3v) is 4.70. The van der Waals surface area contributed by atoms with E-state index in [0.717, 1.165) is 28.3 Å². The maximum atomic E-state index is 12.3. The molecule has 0 radical (unpaired) electrons. The summed E-state index contributed by atoms with van der Waals surface area (Å²) in [6.45, 7) is 4.01. The van der Waals surface area contributed by atoms with Crippen LogP contribution in [0.1, 0.15) is 41.9 Å². The Morgan fingerprint density at radius 2 is 2.35 bits per heavy atom. The van der Waals surface area contributed by atoms with E-state index in [0.29, 0.717) is 6.42 Å². The Morgan fingerprint density at radius 1 is 1.52 bits per heavy atom. The molecule has 0 aromatic carbocycles. The number of methoxy groups -OCH3 is 1. The summed E-state index contributed by atoms with van der Waals surface area (Å²) in [5, 5.41) is 11.8. The van der Waals surface area contributed by atoms with Crippen molar-refractivity contribution >= 4 is 11.6 Å². The van der Waals surface area contributed by atoms with Gasteiger partial charge in [0.25, 0.3) is 0 Å². The molecule has 1 aliphatic rings. The summed E-state index contributed by atoms with van der Waals surface area (Å²) in [5.74, 6) is -0.617. The lowest BCUT2D eigenvalue weighted by atomic mass is 9.83. The molecule has 3 aromatic rings. The largest absolute Gasteiger partial charge is 0.469 e. The number of carbonyl (C=O) groups excluding carboxylic acids is 1. The summed E-state index contributed by atoms with van der Waals surface area (Å²) in [6.07, 6.45) is 4.14. The van der Waals surface area contributed by atoms with Gasteiger partial charge in [-0.2, -0.15) is 10.2 Å². The number of aryl methyl sites for hydroxylation is 1. The molecule has 7 heteroatoms. The summed E-state index contributed by atoms with van der Waals surface area (Å²) in [4.78, 5) is 16.7. The minimum atomic E-state index is -0.437. The van der Waals surface area contributed by atoms with Gasteiger partial charge in [-0.3, -0.25) is 9.89 Å². The van der Waals surface area contributed by atoms with E-state index in [1.165, 1.54) is 7.11 Å². The van der Waals surface area contributed by atoms with Crippen LogP contribution in [0, 0.1) is 6.92 Å². The molecule has 0 amide bonds. The lowest BCUT2D eigenvalue weighted by Gasteiger charge is -2.23. The van der Waals surface area contributed by atoms with E-state index in [2.05, 4.69) is 27.2 Å². The highest BCUT2D eigenvalue weighted by atomic mass is 16.5. The molecule has 118 valence electrons. The molecule has 0 saturated carbocycles. The van der Waals surface area contributed by atoms with Crippen LogP contribution in [-0.2, 0) is 14.9 Å². The van der Waals surface area contributed by atoms with Crippen molar-refractivity contribution in [2.24, 2.45) is 0 Å². The molecule has 0 aliphatic heterocycles. The molecule has 0 fully saturated rings. The van der Waals surface area contributed by atoms with Crippen molar-refractivity contribution in [2.45, 2.75) is 31.6 Å². The third-order valence-electron chi connectivity index (χ3n) is 4.70. The molecule has 0 spiro atoms. The molecule has 2 atom stereocenters. The predicted molar refractivity (Wildman–Crippen MR) is 82.1 cm³/mol. The highest BCUT2D eigenvalue weighted by Crippen LogP contribution is 2.49. The zero-order valence-electron chi connectivity index (χ0n) is 13.2. The summed E-state index contributed by atoms with van der Waals surface area (Å²) in [6, 6.07) is 3.86. The van der Waals surface area contributed by atoms with Crippen molar-refractivity contribution in [1.29, 1.82) is 0 Å². The van der Waals surface area contributed by atoms with E-state index < -0.39 is 5.41 Å². The maximum Gasteiger partial charge on any atom is 0.313 e. The molecule has 0 saturated heterocycles. The molecule has 2 unspecified atom stereocenters. The number of hydrogen-bond acceptors (Lipinski definition) is 5. The van der Waals surface area contributed by atoms with Crippen LogP contribution >= 0.6 is 0 Å². The van der Waals surface area contributed by atoms with E-state index in [1.807, 2.05) is 23.6 Å². The Labute approximate surface area is 132 Å². The molecule has 3 heterocycles. The van der Waals surface area contributed by atoms with Gasteiger partial charge in [0.05, 0.1) is 35.5 Å². The minimum Gasteiger partial charge on any atom is -0.469 e. The quantitative estimate of drug-likeness (QED) is 0.728. The number of rotatable bonds is 2. The second kappa shape index (κ2) is 4.65. The second-order valence-corrected chi connectivity index (χ2v) is 6.19. The number of nitrogens with zero attached hydrogens (tertiary/aromatic N) is 4. The molecule has 0 bridgehead atoms. The molecule has 23 heavy (non-hydrogen) atoms. The summed E-state index contributed by atoms with van der Waals surface area (Å²) in [7, 11) is 1.41. The Bertz CT molecular complexity index is 899. The van der Waals surface area contributed by atoms with E-state index in [4.69, 9.17) is 4.74 Å². The zero-order valence-corrected chi connectivity index (χ0v) is 13.2. The SMILES string of the molecule is COC(=O)C1CC(C)(c2cc[nH]n2)c2c1cnc1cc(C)nn21. The van der Waals surface area contributed by atoms with Crippen molar-refractivity contribution in [2.75, 3.05) is 7.11 Å². The Kier molecular flexibility index (Phi) is 2.81. The molecular formula is C16H17N5O2. The Balaban J connectivity index is 2.03. The van der Waals surface area contributed by atoms with Crippen molar-refractivity contribution in [1.82, 2.24) is 24.8 Å². The fraction of sp³-hybridized carbons (Fsp3) is 0.375. The fourth-order valence-electron chi connectivity index (χ4n) is 3.63. The minimum absolute atomic E-state index is 0.254. The van der Waals surface area contributed by atoms with Crippen LogP contribution in [0.15, 0.2) is 24.5 Å². The van der Waals surface area contributed by atoms with Gasteiger partial charge in [-0.05, 0) is 26.3 Å². The number of aromatic nitrogens is 5. The summed E-state index contributed by atoms with van der Waals surface area (Å²) in [5.41, 5.74) is 3.92. The average Bonchev–Trinajstić information content (AvgIpc) is 3.23. The van der Waals surface area contributed by atoms with Crippen LogP contribution in [0.25, 0.3) is 5.65 Å². The predicted octanol–water partition coefficient (Wildman–Crippen LogP) is 1.73. The highest BCUT2D eigenvalue weighted by Gasteiger charge is 2.48. The van der Waals surface area contributed by atoms with Crippen molar-refractivity contribution in [3.05, 3.63) is 47.2 Å². The topological polar surface area (TPSA) is 85.2 Å². The Morgan fingerprint density at radius 3 is 3.04 bits per heavy atom. The van der Waals surface area contributed by atoms with E-state index >= 15 is 0 Å². The second-order valence-electron chi connectivity index (χ2n) is 6.19. The van der Waals surface area contributed by atoms with Gasteiger partial charge >= 0.3 is 5.97 Å². The molecule has 7 nitrogen and oxygen atoms in total. The smallest absolute Gasteiger partial charge is 0.313 e. The number of ether oxygens (including phenoxy) is 1. The number of H-pyrrole nitrogens is 1. The van der Waals surface area contributed by atoms with Gasteiger partial charge < -0.3 is 4.74 Å². The zero-order chi connectivity index (χ0) is 16.2. The van der Waals surface area contributed by atoms with Crippen LogP contribution in [0.4, 0.5) is 0 Å². The van der Waals surface area contributed by atoms with Crippen molar-refractivity contribution in [3.8, 4) is 0 Å². The van der Waals surface area contributed by atoms with Crippen molar-refractivity contribution < 1.29 is 9.53 Å². The molecular weight excluding hydrogens is 294 g/mol. The molecule has 3 aromatic heterocycles. The normalized spacial score (nSPS) is 23.2. The maximum absolute atomic E-state index is 12.3. The first-order valence-corrected chi connectivity index (χ1v) is 7.48. The van der Waals surface area contributed by atoms with Gasteiger partial charge in [0.2, 0.25) is 0 Å². The lowest BCUT2D eigenvalue weighted by molar-refractivity contribution is -0.142. The van der Waals surface area contributed by atoms with Crippen molar-refractivity contribution in [3.63, 3.8) is 0 Å². The van der Waals surface area contributed by atoms with Gasteiger partial charge in [0, 0.05) is 24.0 Å². The molecule has 1 aliphatic carbocycles. The molecule has 4 rings (SSSR count). The van der Waals surface area contributed by atoms with Gasteiger partial charge in [0.15, 0.2) is 5.65 Å². The van der Waals surface area contributed by atoms with E-state index in [9.17, 15) is 4.79 Å². The number of fused-ring (bicyclic) bond motifs is 3. The number of hydrogen-bond donors (Lipinski definition) is 1. The monoisotopic (exact) mass is 311 g/mol. The number of esters is 1. The van der Waals surface area contributed by atoms with E-state index in [1.54, 1.807) is 12.4 Å². The third kappa shape index (κ3) is 1.82. The Hall–Kier alpha value is -2.70. The van der Waals surface area contributed by atoms with Gasteiger partial charge in [-0.1, -0.05) is 0 Å². The average molecular weight is 311 g/mol. The standard InChI is InChI=1S/C16H17N5O2/c1-9-6-13-17-8-11-10(15(22)23-3)7-16(2,12-4-5-18-19-12)14(11)21(13)20-9/h4-6,8,10H,7H2,1-3H3,(H,18,19). The first-order valence-electron chi connectivity index (χ1n) is 7.48. The fourth-order valence-corrected chi connectivity index (χ4v) is 3.63. The van der Waals surface area contributed by atoms with Crippen LogP contribution in [0.2, 0.25) is 0 Å². The van der Waals surface area contributed by atoms with Crippen LogP contribution in [0.5, 0.6) is 0 Å².